The van der Waals surface area contributed by atoms with Gasteiger partial charge in [-0.1, -0.05) is 0 Å². The van der Waals surface area contributed by atoms with Gasteiger partial charge < -0.3 is 205 Å². The van der Waals surface area contributed by atoms with E-state index in [4.69, 9.17) is 71.8 Å². The van der Waals surface area contributed by atoms with Crippen molar-refractivity contribution < 1.29 is 217 Å². The molecule has 0 spiro atoms. The van der Waals surface area contributed by atoms with Gasteiger partial charge in [-0.3, -0.25) is 13.8 Å². The number of carboxylic acid groups (broad SMARTS) is 1. The second kappa shape index (κ2) is 35.5. The van der Waals surface area contributed by atoms with Gasteiger partial charge in [0, 0.05) is 19.9 Å². The van der Waals surface area contributed by atoms with Crippen molar-refractivity contribution in [2.45, 2.75) is 246 Å². The first kappa shape index (κ1) is 82.8. The fourth-order valence-corrected chi connectivity index (χ4v) is 12.5. The first-order valence-electron chi connectivity index (χ1n) is 30.4. The number of amides is 1. The summed E-state index contributed by atoms with van der Waals surface area (Å²) in [6, 6.07) is -1.90. The molecule has 0 aliphatic carbocycles. The summed E-state index contributed by atoms with van der Waals surface area (Å²) >= 11 is 0. The normalized spacial score (nSPS) is 46.9. The van der Waals surface area contributed by atoms with Gasteiger partial charge in [-0.05, 0) is 0 Å². The summed E-state index contributed by atoms with van der Waals surface area (Å²) in [5, 5.41) is 276. The minimum atomic E-state index is -5.13. The van der Waals surface area contributed by atoms with Crippen LogP contribution in [0.2, 0.25) is 0 Å². The van der Waals surface area contributed by atoms with Crippen LogP contribution in [0, 0.1) is 0 Å². The second-order valence-corrected chi connectivity index (χ2v) is 25.4. The Hall–Kier alpha value is -2.47. The molecular formula is C51H89N2O44P. The number of aliphatic carboxylic acids is 1. The zero-order valence-electron chi connectivity index (χ0n) is 51.4. The minimum absolute atomic E-state index is 0.336. The summed E-state index contributed by atoms with van der Waals surface area (Å²) in [4.78, 5) is 34.8. The molecule has 29 N–H and O–H groups in total. The van der Waals surface area contributed by atoms with Gasteiger partial charge in [0.15, 0.2) is 37.7 Å². The van der Waals surface area contributed by atoms with Gasteiger partial charge in [0.1, 0.15) is 183 Å². The Morgan fingerprint density at radius 1 is 0.490 bits per heavy atom. The summed E-state index contributed by atoms with van der Waals surface area (Å²) < 4.78 is 96.3. The predicted octanol–water partition coefficient (Wildman–Crippen LogP) is -18.1. The molecule has 0 aromatic rings. The van der Waals surface area contributed by atoms with Gasteiger partial charge in [-0.2, -0.15) is 0 Å². The maximum atomic E-state index is 12.7. The van der Waals surface area contributed by atoms with E-state index in [0.29, 0.717) is 0 Å². The van der Waals surface area contributed by atoms with E-state index in [1.165, 1.54) is 0 Å². The summed E-state index contributed by atoms with van der Waals surface area (Å²) in [5.41, 5.74) is 5.33. The van der Waals surface area contributed by atoms with Crippen LogP contribution in [0.4, 0.5) is 0 Å². The van der Waals surface area contributed by atoms with Gasteiger partial charge in [0.25, 0.3) is 5.79 Å². The average Bonchev–Trinajstić information content (AvgIpc) is 0.769. The number of aliphatic hydroxyl groups excluding tert-OH is 23. The number of hydrogen-bond donors (Lipinski definition) is 28. The van der Waals surface area contributed by atoms with Gasteiger partial charge >= 0.3 is 13.8 Å². The van der Waals surface area contributed by atoms with Gasteiger partial charge in [0.2, 0.25) is 5.91 Å². The van der Waals surface area contributed by atoms with Crippen molar-refractivity contribution in [2.75, 3.05) is 59.4 Å². The van der Waals surface area contributed by atoms with Crippen molar-refractivity contribution in [1.82, 2.24) is 5.32 Å². The molecule has 7 saturated heterocycles. The fourth-order valence-electron chi connectivity index (χ4n) is 11.7. The quantitative estimate of drug-likeness (QED) is 0.0297. The van der Waals surface area contributed by atoms with E-state index in [2.05, 4.69) is 9.84 Å². The molecule has 47 heteroatoms. The predicted molar refractivity (Wildman–Crippen MR) is 296 cm³/mol. The molecule has 98 heavy (non-hydrogen) atoms. The number of nitrogens with two attached hydrogens (primary N) is 1. The smallest absolute Gasteiger partial charge is 0.472 e. The highest BCUT2D eigenvalue weighted by atomic mass is 31.2. The monoisotopic (exact) mass is 1460 g/mol. The van der Waals surface area contributed by atoms with E-state index < -0.39 is 312 Å². The lowest BCUT2D eigenvalue weighted by Crippen LogP contribution is -2.70. The number of phosphoric ester groups is 1. The number of ether oxygens (including phenoxy) is 13. The molecule has 0 saturated carbocycles. The molecule has 1 unspecified atom stereocenters. The van der Waals surface area contributed by atoms with Crippen LogP contribution < -0.4 is 11.1 Å². The number of aliphatic hydroxyl groups is 24. The van der Waals surface area contributed by atoms with E-state index in [1.807, 2.05) is 0 Å². The van der Waals surface area contributed by atoms with Crippen molar-refractivity contribution in [3.8, 4) is 0 Å². The zero-order chi connectivity index (χ0) is 72.9. The molecular weight excluding hydrogens is 1380 g/mol. The van der Waals surface area contributed by atoms with Crippen molar-refractivity contribution in [2.24, 2.45) is 5.73 Å². The number of nitrogens with one attached hydrogen (secondary N) is 1. The van der Waals surface area contributed by atoms with Gasteiger partial charge in [-0.25, -0.2) is 9.36 Å². The Kier molecular flexibility index (Phi) is 30.0. The minimum Gasteiger partial charge on any atom is -0.477 e. The van der Waals surface area contributed by atoms with Crippen LogP contribution in [0.15, 0.2) is 0 Å². The maximum absolute atomic E-state index is 12.7. The van der Waals surface area contributed by atoms with Crippen molar-refractivity contribution in [3.63, 3.8) is 0 Å². The van der Waals surface area contributed by atoms with Gasteiger partial charge in [-0.15, -0.1) is 0 Å². The number of carbonyl (C=O) groups excluding carboxylic acids is 1. The number of carboxylic acids is 1. The van der Waals surface area contributed by atoms with Crippen molar-refractivity contribution >= 4 is 19.7 Å². The molecule has 7 rings (SSSR count). The standard InChI is InChI=1S/C51H89N2O44P/c1-12(59)53-21-24(67)22(65)18(7-56)86-44(21)95-42-29(72)27(70)36(16(63)10-83-45-32(75)30(73)40(20(9-58)88-45)93-46-31(74)25(68)23(66)19(8-57)87-46)91-49(42)96-43-28(71)26(69)35(14(61)5-54)90-48(43)94-41-33(76)37(17(64)11-85-98(81,82)84-3-2-52)89-47(34(41)77)92-38-13(60)4-51(80,50(78)79)97-39(38)15(62)6-55/h13-49,54-58,60-77,80H,2-11,52H2,1H3,(H,53,59)(H,78,79)(H,81,82)/t13-,14+,15-,16-,17+,18-,19-,20-,21-,22-,23-,24-,25+,26+,27+,28+,29+,30-,31-,32-,33-,34+,35-,36-,37-,38-,39-,40+,41+,42+,43+,44+,45-,46-,47-,48-,49-,51-/m1/s1. The fraction of sp³-hybridized carbons (Fsp3) is 0.961. The van der Waals surface area contributed by atoms with Crippen LogP contribution in [0.25, 0.3) is 0 Å². The van der Waals surface area contributed by atoms with E-state index in [0.717, 1.165) is 6.92 Å². The van der Waals surface area contributed by atoms with Crippen LogP contribution in [0.1, 0.15) is 13.3 Å². The largest absolute Gasteiger partial charge is 0.477 e. The SMILES string of the molecule is CC(=O)N[C@H]1[C@H](O[C@@H]2[C@@H](O[C@@H]3[C@@H](O[C@@H]4[C@H](O)[C@@H](O[C@H]5[C@@H]([C@H](O)CO)O[C@@](O)(C(=O)O)C[C@H]5O)O[C@H]([C@@H](O)COP(=O)(O)OCCN)[C@H]4O)O[C@H]([C@@H](O)CO)[C@@H](O)[C@@H]3O)O[C@H]([C@H](O)CO[C@@H]3O[C@H](CO)[C@H](O[C@H]4O[C@H](CO)[C@@H](O)[C@H](O)[C@H]4O)[C@H](O)[C@H]3O)[C@@H](O)[C@@H]2O)O[C@H](CO)[C@@H](O)[C@@H]1O. The molecule has 7 aliphatic rings. The molecule has 0 bridgehead atoms. The number of hydrogen-bond acceptors (Lipinski definition) is 43. The first-order chi connectivity index (χ1) is 46.0. The van der Waals surface area contributed by atoms with E-state index in [9.17, 15) is 147 Å². The molecule has 572 valence electrons. The third-order valence-electron chi connectivity index (χ3n) is 17.1. The highest BCUT2D eigenvalue weighted by Crippen LogP contribution is 2.44. The first-order valence-corrected chi connectivity index (χ1v) is 31.9. The molecule has 0 aromatic carbocycles. The highest BCUT2D eigenvalue weighted by molar-refractivity contribution is 7.47. The van der Waals surface area contributed by atoms with Gasteiger partial charge in [0.05, 0.1) is 59.0 Å². The van der Waals surface area contributed by atoms with Crippen LogP contribution >= 0.6 is 7.82 Å². The van der Waals surface area contributed by atoms with Crippen LogP contribution in [0.5, 0.6) is 0 Å². The zero-order valence-corrected chi connectivity index (χ0v) is 52.3. The lowest BCUT2D eigenvalue weighted by molar-refractivity contribution is -0.410. The molecule has 0 radical (unpaired) electrons. The third kappa shape index (κ3) is 18.6. The highest BCUT2D eigenvalue weighted by Gasteiger charge is 2.61. The Bertz CT molecular complexity index is 2530. The van der Waals surface area contributed by atoms with Crippen LogP contribution in [-0.2, 0) is 84.8 Å². The Labute approximate surface area is 552 Å². The molecule has 7 aliphatic heterocycles. The average molecular weight is 1470 g/mol. The Morgan fingerprint density at radius 3 is 1.47 bits per heavy atom. The molecule has 7 heterocycles. The molecule has 46 nitrogen and oxygen atoms in total. The third-order valence-corrected chi connectivity index (χ3v) is 18.1. The summed E-state index contributed by atoms with van der Waals surface area (Å²) in [6.45, 7) is -8.28. The van der Waals surface area contributed by atoms with Crippen LogP contribution in [0.3, 0.4) is 0 Å². The summed E-state index contributed by atoms with van der Waals surface area (Å²) in [6.07, 6.45) is -83.0. The molecule has 7 fully saturated rings. The lowest BCUT2D eigenvalue weighted by Gasteiger charge is -2.51. The second-order valence-electron chi connectivity index (χ2n) is 24.0. The number of rotatable bonds is 30. The summed E-state index contributed by atoms with van der Waals surface area (Å²) in [5.74, 6) is -6.37. The molecule has 39 atom stereocenters. The van der Waals surface area contributed by atoms with E-state index in [-0.39, 0.29) is 6.54 Å². The molecule has 0 aromatic heterocycles. The summed E-state index contributed by atoms with van der Waals surface area (Å²) in [7, 11) is -5.13. The number of carbonyl (C=O) groups is 2. The van der Waals surface area contributed by atoms with E-state index in [1.54, 1.807) is 0 Å². The van der Waals surface area contributed by atoms with Crippen molar-refractivity contribution in [3.05, 3.63) is 0 Å². The lowest BCUT2D eigenvalue weighted by atomic mass is 9.91. The van der Waals surface area contributed by atoms with Crippen LogP contribution in [-0.4, -0.2) is 437 Å². The number of phosphoric acid groups is 1. The topological polar surface area (TPSA) is 754 Å². The van der Waals surface area contributed by atoms with E-state index >= 15 is 0 Å². The van der Waals surface area contributed by atoms with Crippen molar-refractivity contribution in [1.29, 1.82) is 0 Å². The molecule has 1 amide bonds. The Morgan fingerprint density at radius 2 is 0.929 bits per heavy atom. The Balaban J connectivity index is 1.24. The maximum Gasteiger partial charge on any atom is 0.472 e.